The van der Waals surface area contributed by atoms with Gasteiger partial charge in [0.1, 0.15) is 0 Å². The van der Waals surface area contributed by atoms with Gasteiger partial charge in [0, 0.05) is 11.3 Å². The second-order valence-electron chi connectivity index (χ2n) is 4.63. The molecule has 0 spiro atoms. The largest absolute Gasteiger partial charge is 0.480 e. The van der Waals surface area contributed by atoms with Crippen molar-refractivity contribution in [2.45, 2.75) is 25.5 Å². The number of aliphatic hydroxyl groups is 1. The number of carboxylic acid groups (broad SMARTS) is 1. The first-order chi connectivity index (χ1) is 9.38. The molecule has 0 saturated carbocycles. The average Bonchev–Trinajstić information content (AvgIpc) is 2.73. The smallest absolute Gasteiger partial charge is 0.328 e. The van der Waals surface area contributed by atoms with Gasteiger partial charge >= 0.3 is 5.97 Å². The number of aliphatic carboxylic acids is 1. The molecule has 1 aromatic rings. The lowest BCUT2D eigenvalue weighted by Gasteiger charge is -2.17. The van der Waals surface area contributed by atoms with E-state index < -0.39 is 24.0 Å². The number of hydrogen-bond donors (Lipinski definition) is 4. The van der Waals surface area contributed by atoms with Crippen LogP contribution < -0.4 is 10.6 Å². The first-order valence-corrected chi connectivity index (χ1v) is 6.03. The van der Waals surface area contributed by atoms with Gasteiger partial charge in [0.15, 0.2) is 6.04 Å². The molecule has 2 amide bonds. The molecule has 1 aliphatic heterocycles. The average molecular weight is 278 g/mol. The lowest BCUT2D eigenvalue weighted by molar-refractivity contribution is -0.141. The monoisotopic (exact) mass is 278 g/mol. The standard InChI is InChI=1S/C13H14N2O5/c1-6(16)11(13(19)20)15-12(18)8-3-2-7-5-10(17)14-9(7)4-8/h2-4,6,11,16H,5H2,1H3,(H,14,17)(H,15,18)(H,19,20)/t6-,11+/m1/s1. The third-order valence-electron chi connectivity index (χ3n) is 3.03. The fourth-order valence-corrected chi connectivity index (χ4v) is 1.97. The van der Waals surface area contributed by atoms with Crippen molar-refractivity contribution in [3.8, 4) is 0 Å². The van der Waals surface area contributed by atoms with Crippen molar-refractivity contribution in [3.63, 3.8) is 0 Å². The van der Waals surface area contributed by atoms with Gasteiger partial charge in [0.05, 0.1) is 12.5 Å². The number of carbonyl (C=O) groups excluding carboxylic acids is 2. The summed E-state index contributed by atoms with van der Waals surface area (Å²) in [5.41, 5.74) is 1.56. The number of rotatable bonds is 4. The Morgan fingerprint density at radius 3 is 2.70 bits per heavy atom. The van der Waals surface area contributed by atoms with Crippen LogP contribution in [0.1, 0.15) is 22.8 Å². The van der Waals surface area contributed by atoms with Gasteiger partial charge < -0.3 is 20.8 Å². The maximum absolute atomic E-state index is 11.9. The van der Waals surface area contributed by atoms with E-state index in [1.54, 1.807) is 6.07 Å². The number of fused-ring (bicyclic) bond motifs is 1. The Morgan fingerprint density at radius 2 is 2.10 bits per heavy atom. The predicted molar refractivity (Wildman–Crippen MR) is 69.3 cm³/mol. The zero-order valence-electron chi connectivity index (χ0n) is 10.7. The molecular formula is C13H14N2O5. The minimum Gasteiger partial charge on any atom is -0.480 e. The Kier molecular flexibility index (Phi) is 3.71. The topological polar surface area (TPSA) is 116 Å². The quantitative estimate of drug-likeness (QED) is 0.606. The van der Waals surface area contributed by atoms with Gasteiger partial charge in [-0.15, -0.1) is 0 Å². The summed E-state index contributed by atoms with van der Waals surface area (Å²) in [4.78, 5) is 34.1. The number of hydrogen-bond acceptors (Lipinski definition) is 4. The number of nitrogens with one attached hydrogen (secondary N) is 2. The number of aliphatic hydroxyl groups excluding tert-OH is 1. The van der Waals surface area contributed by atoms with Gasteiger partial charge in [0.2, 0.25) is 5.91 Å². The lowest BCUT2D eigenvalue weighted by atomic mass is 10.1. The number of carboxylic acids is 1. The molecule has 2 rings (SSSR count). The van der Waals surface area contributed by atoms with Crippen LogP contribution in [0.5, 0.6) is 0 Å². The summed E-state index contributed by atoms with van der Waals surface area (Å²) >= 11 is 0. The van der Waals surface area contributed by atoms with E-state index in [1.165, 1.54) is 19.1 Å². The summed E-state index contributed by atoms with van der Waals surface area (Å²) in [7, 11) is 0. The molecule has 0 aromatic heterocycles. The second kappa shape index (κ2) is 5.30. The van der Waals surface area contributed by atoms with E-state index in [1.807, 2.05) is 0 Å². The summed E-state index contributed by atoms with van der Waals surface area (Å²) in [6, 6.07) is 3.25. The minimum absolute atomic E-state index is 0.148. The van der Waals surface area contributed by atoms with E-state index in [0.29, 0.717) is 5.69 Å². The number of carbonyl (C=O) groups is 3. The molecule has 106 valence electrons. The molecule has 2 atom stereocenters. The molecule has 7 heteroatoms. The molecule has 0 aliphatic carbocycles. The zero-order valence-corrected chi connectivity index (χ0v) is 10.7. The number of anilines is 1. The first-order valence-electron chi connectivity index (χ1n) is 6.03. The summed E-state index contributed by atoms with van der Waals surface area (Å²) in [5.74, 6) is -2.09. The highest BCUT2D eigenvalue weighted by Gasteiger charge is 2.26. The predicted octanol–water partition coefficient (Wildman–Crippen LogP) is -0.255. The third kappa shape index (κ3) is 2.77. The van der Waals surface area contributed by atoms with Crippen LogP contribution in [0.4, 0.5) is 5.69 Å². The molecule has 0 unspecified atom stereocenters. The van der Waals surface area contributed by atoms with Crippen LogP contribution in [0.3, 0.4) is 0 Å². The molecular weight excluding hydrogens is 264 g/mol. The van der Waals surface area contributed by atoms with E-state index in [9.17, 15) is 19.5 Å². The molecule has 1 heterocycles. The highest BCUT2D eigenvalue weighted by molar-refractivity contribution is 6.02. The van der Waals surface area contributed by atoms with Gasteiger partial charge in [-0.2, -0.15) is 0 Å². The van der Waals surface area contributed by atoms with E-state index in [-0.39, 0.29) is 17.9 Å². The van der Waals surface area contributed by atoms with Crippen molar-refractivity contribution < 1.29 is 24.6 Å². The van der Waals surface area contributed by atoms with Crippen molar-refractivity contribution in [1.82, 2.24) is 5.32 Å². The molecule has 0 fully saturated rings. The highest BCUT2D eigenvalue weighted by atomic mass is 16.4. The van der Waals surface area contributed by atoms with Crippen LogP contribution in [0.2, 0.25) is 0 Å². The molecule has 0 bridgehead atoms. The van der Waals surface area contributed by atoms with E-state index >= 15 is 0 Å². The van der Waals surface area contributed by atoms with Crippen LogP contribution in [-0.2, 0) is 16.0 Å². The Labute approximate surface area is 114 Å². The summed E-state index contributed by atoms with van der Waals surface area (Å²) in [5, 5.41) is 23.1. The summed E-state index contributed by atoms with van der Waals surface area (Å²) in [6.45, 7) is 1.28. The molecule has 1 aromatic carbocycles. The van der Waals surface area contributed by atoms with E-state index in [4.69, 9.17) is 5.11 Å². The molecule has 0 radical (unpaired) electrons. The maximum atomic E-state index is 11.9. The number of benzene rings is 1. The van der Waals surface area contributed by atoms with Gasteiger partial charge in [-0.3, -0.25) is 9.59 Å². The third-order valence-corrected chi connectivity index (χ3v) is 3.03. The Hall–Kier alpha value is -2.41. The second-order valence-corrected chi connectivity index (χ2v) is 4.63. The van der Waals surface area contributed by atoms with Gasteiger partial charge in [-0.05, 0) is 24.6 Å². The first kappa shape index (κ1) is 14.0. The molecule has 7 nitrogen and oxygen atoms in total. The van der Waals surface area contributed by atoms with Crippen LogP contribution in [0.25, 0.3) is 0 Å². The van der Waals surface area contributed by atoms with Gasteiger partial charge in [0.25, 0.3) is 5.91 Å². The van der Waals surface area contributed by atoms with E-state index in [0.717, 1.165) is 5.56 Å². The molecule has 0 saturated heterocycles. The fourth-order valence-electron chi connectivity index (χ4n) is 1.97. The summed E-state index contributed by atoms with van der Waals surface area (Å²) in [6.07, 6.45) is -0.951. The fraction of sp³-hybridized carbons (Fsp3) is 0.308. The molecule has 4 N–H and O–H groups in total. The van der Waals surface area contributed by atoms with E-state index in [2.05, 4.69) is 10.6 Å². The highest BCUT2D eigenvalue weighted by Crippen LogP contribution is 2.24. The Balaban J connectivity index is 2.16. The molecule has 1 aliphatic rings. The van der Waals surface area contributed by atoms with Gasteiger partial charge in [-0.25, -0.2) is 4.79 Å². The van der Waals surface area contributed by atoms with Crippen molar-refractivity contribution in [1.29, 1.82) is 0 Å². The summed E-state index contributed by atoms with van der Waals surface area (Å²) < 4.78 is 0. The Morgan fingerprint density at radius 1 is 1.40 bits per heavy atom. The van der Waals surface area contributed by atoms with Crippen LogP contribution >= 0.6 is 0 Å². The number of amides is 2. The SMILES string of the molecule is C[C@@H](O)[C@H](NC(=O)c1ccc2c(c1)NC(=O)C2)C(=O)O. The van der Waals surface area contributed by atoms with Crippen LogP contribution in [0, 0.1) is 0 Å². The lowest BCUT2D eigenvalue weighted by Crippen LogP contribution is -2.47. The minimum atomic E-state index is -1.38. The van der Waals surface area contributed by atoms with Crippen molar-refractivity contribution in [2.24, 2.45) is 0 Å². The Bertz CT molecular complexity index is 582. The van der Waals surface area contributed by atoms with Gasteiger partial charge in [-0.1, -0.05) is 6.07 Å². The van der Waals surface area contributed by atoms with Crippen molar-refractivity contribution >= 4 is 23.5 Å². The molecule has 20 heavy (non-hydrogen) atoms. The van der Waals surface area contributed by atoms with Crippen molar-refractivity contribution in [3.05, 3.63) is 29.3 Å². The maximum Gasteiger partial charge on any atom is 0.328 e. The van der Waals surface area contributed by atoms with Crippen LogP contribution in [-0.4, -0.2) is 40.1 Å². The van der Waals surface area contributed by atoms with Crippen LogP contribution in [0.15, 0.2) is 18.2 Å². The zero-order chi connectivity index (χ0) is 14.9. The normalized spacial score (nSPS) is 16.0. The van der Waals surface area contributed by atoms with Crippen molar-refractivity contribution in [2.75, 3.05) is 5.32 Å².